The Morgan fingerprint density at radius 2 is 2.00 bits per heavy atom. The number of anilines is 1. The van der Waals surface area contributed by atoms with E-state index < -0.39 is 0 Å². The number of benzene rings is 1. The number of carbonyl (C=O) groups is 1. The summed E-state index contributed by atoms with van der Waals surface area (Å²) in [6.07, 6.45) is 3.40. The number of hydrogen-bond donors (Lipinski definition) is 0. The Kier molecular flexibility index (Phi) is 5.93. The Bertz CT molecular complexity index is 1240. The quantitative estimate of drug-likeness (QED) is 0.395. The molecule has 4 aromatic rings. The first-order chi connectivity index (χ1) is 14.9. The zero-order chi connectivity index (χ0) is 22.1. The summed E-state index contributed by atoms with van der Waals surface area (Å²) in [5, 5.41) is 5.63. The Balaban J connectivity index is 1.81. The number of halogens is 1. The highest BCUT2D eigenvalue weighted by Gasteiger charge is 2.26. The van der Waals surface area contributed by atoms with Gasteiger partial charge in [-0.1, -0.05) is 22.9 Å². The minimum absolute atomic E-state index is 0.153. The first kappa shape index (κ1) is 21.3. The monoisotopic (exact) mass is 455 g/mol. The van der Waals surface area contributed by atoms with E-state index >= 15 is 0 Å². The van der Waals surface area contributed by atoms with Crippen molar-refractivity contribution < 1.29 is 9.53 Å². The van der Waals surface area contributed by atoms with Crippen molar-refractivity contribution in [2.45, 2.75) is 33.4 Å². The lowest BCUT2D eigenvalue weighted by Gasteiger charge is -2.19. The molecule has 0 aliphatic heterocycles. The van der Waals surface area contributed by atoms with Gasteiger partial charge in [0.15, 0.2) is 10.8 Å². The molecule has 1 amide bonds. The first-order valence-corrected chi connectivity index (χ1v) is 11.0. The number of ether oxygens (including phenoxy) is 1. The van der Waals surface area contributed by atoms with Gasteiger partial charge in [-0.3, -0.25) is 19.4 Å². The molecule has 0 fully saturated rings. The Morgan fingerprint density at radius 3 is 2.65 bits per heavy atom. The predicted octanol–water partition coefficient (Wildman–Crippen LogP) is 5.29. The average molecular weight is 456 g/mol. The number of nitrogens with zero attached hydrogens (tertiary/aromatic N) is 5. The molecular weight excluding hydrogens is 434 g/mol. The molecule has 1 aromatic carbocycles. The maximum atomic E-state index is 13.6. The van der Waals surface area contributed by atoms with Crippen molar-refractivity contribution in [3.63, 3.8) is 0 Å². The number of rotatable bonds is 6. The molecule has 7 nitrogen and oxygen atoms in total. The number of fused-ring (bicyclic) bond motifs is 1. The lowest BCUT2D eigenvalue weighted by atomic mass is 10.2. The Hall–Kier alpha value is -2.97. The largest absolute Gasteiger partial charge is 0.494 e. The van der Waals surface area contributed by atoms with Crippen LogP contribution in [0.5, 0.6) is 5.75 Å². The predicted molar refractivity (Wildman–Crippen MR) is 123 cm³/mol. The van der Waals surface area contributed by atoms with Crippen LogP contribution in [0.4, 0.5) is 5.13 Å². The zero-order valence-electron chi connectivity index (χ0n) is 17.7. The lowest BCUT2D eigenvalue weighted by molar-refractivity contribution is 0.0979. The van der Waals surface area contributed by atoms with Crippen LogP contribution < -0.4 is 9.64 Å². The van der Waals surface area contributed by atoms with Gasteiger partial charge in [-0.05, 0) is 56.7 Å². The third-order valence-corrected chi connectivity index (χ3v) is 6.40. The number of pyridine rings is 1. The van der Waals surface area contributed by atoms with Crippen LogP contribution in [0.25, 0.3) is 10.2 Å². The summed E-state index contributed by atoms with van der Waals surface area (Å²) in [5.74, 6) is 0.381. The van der Waals surface area contributed by atoms with Gasteiger partial charge in [-0.15, -0.1) is 0 Å². The number of carbonyl (C=O) groups excluding carboxylic acids is 1. The van der Waals surface area contributed by atoms with Gasteiger partial charge >= 0.3 is 0 Å². The molecule has 0 radical (unpaired) electrons. The molecule has 31 heavy (non-hydrogen) atoms. The van der Waals surface area contributed by atoms with Crippen molar-refractivity contribution >= 4 is 44.2 Å². The van der Waals surface area contributed by atoms with Gasteiger partial charge in [0.05, 0.1) is 23.4 Å². The van der Waals surface area contributed by atoms with E-state index in [1.165, 1.54) is 11.3 Å². The van der Waals surface area contributed by atoms with Gasteiger partial charge in [0.2, 0.25) is 0 Å². The summed E-state index contributed by atoms with van der Waals surface area (Å²) in [6.45, 7) is 6.34. The van der Waals surface area contributed by atoms with Crippen molar-refractivity contribution in [2.24, 2.45) is 0 Å². The molecule has 0 N–H and O–H groups in total. The van der Waals surface area contributed by atoms with Gasteiger partial charge in [-0.2, -0.15) is 5.10 Å². The van der Waals surface area contributed by atoms with Gasteiger partial charge in [0.1, 0.15) is 11.3 Å². The third kappa shape index (κ3) is 4.13. The second kappa shape index (κ2) is 8.64. The number of aromatic nitrogens is 4. The number of thiazole rings is 1. The van der Waals surface area contributed by atoms with Crippen LogP contribution in [0.3, 0.4) is 0 Å². The fourth-order valence-electron chi connectivity index (χ4n) is 3.37. The Labute approximate surface area is 189 Å². The minimum atomic E-state index is -0.228. The molecule has 0 spiro atoms. The van der Waals surface area contributed by atoms with E-state index in [4.69, 9.17) is 21.3 Å². The molecule has 4 rings (SSSR count). The highest BCUT2D eigenvalue weighted by Crippen LogP contribution is 2.39. The molecule has 9 heteroatoms. The highest BCUT2D eigenvalue weighted by atomic mass is 35.5. The van der Waals surface area contributed by atoms with Crippen molar-refractivity contribution in [3.05, 3.63) is 64.7 Å². The van der Waals surface area contributed by atoms with Gasteiger partial charge in [0, 0.05) is 24.1 Å². The molecule has 3 aromatic heterocycles. The molecule has 0 aliphatic rings. The van der Waals surface area contributed by atoms with Crippen LogP contribution in [0.1, 0.15) is 41.6 Å². The first-order valence-electron chi connectivity index (χ1n) is 9.79. The number of aryl methyl sites for hydroxylation is 1. The van der Waals surface area contributed by atoms with E-state index in [1.807, 2.05) is 43.7 Å². The van der Waals surface area contributed by atoms with Crippen LogP contribution in [-0.4, -0.2) is 32.8 Å². The topological polar surface area (TPSA) is 73.1 Å². The second-order valence-electron chi connectivity index (χ2n) is 7.38. The van der Waals surface area contributed by atoms with Gasteiger partial charge in [0.25, 0.3) is 5.91 Å². The number of hydrogen-bond acceptors (Lipinski definition) is 6. The summed E-state index contributed by atoms with van der Waals surface area (Å²) < 4.78 is 8.06. The van der Waals surface area contributed by atoms with Crippen molar-refractivity contribution in [3.8, 4) is 5.75 Å². The highest BCUT2D eigenvalue weighted by molar-refractivity contribution is 7.23. The van der Waals surface area contributed by atoms with Gasteiger partial charge < -0.3 is 4.74 Å². The lowest BCUT2D eigenvalue weighted by Crippen LogP contribution is -2.31. The summed E-state index contributed by atoms with van der Waals surface area (Å²) in [5.41, 5.74) is 2.86. The fraction of sp³-hybridized carbons (Fsp3) is 0.273. The van der Waals surface area contributed by atoms with Crippen molar-refractivity contribution in [2.75, 3.05) is 12.0 Å². The van der Waals surface area contributed by atoms with E-state index in [9.17, 15) is 4.79 Å². The third-order valence-electron chi connectivity index (χ3n) is 4.86. The van der Waals surface area contributed by atoms with E-state index in [-0.39, 0.29) is 11.9 Å². The standard InChI is InChI=1S/C22H22ClN5O2S/c1-13(2)28-14(3)11-17(26-28)21(29)27(12-15-7-9-24-10-8-15)22-25-19-18(30-4)6-5-16(23)20(19)31-22/h5-11,13H,12H2,1-4H3. The minimum Gasteiger partial charge on any atom is -0.494 e. The SMILES string of the molecule is COc1ccc(Cl)c2sc(N(Cc3ccncc3)C(=O)c3cc(C)n(C(C)C)n3)nc12. The molecular formula is C22H22ClN5O2S. The van der Waals surface area contributed by atoms with E-state index in [0.29, 0.717) is 33.7 Å². The second-order valence-corrected chi connectivity index (χ2v) is 8.76. The van der Waals surface area contributed by atoms with Crippen LogP contribution in [-0.2, 0) is 6.54 Å². The zero-order valence-corrected chi connectivity index (χ0v) is 19.2. The summed E-state index contributed by atoms with van der Waals surface area (Å²) in [4.78, 5) is 24.0. The smallest absolute Gasteiger partial charge is 0.280 e. The van der Waals surface area contributed by atoms with Crippen LogP contribution in [0, 0.1) is 6.92 Å². The maximum Gasteiger partial charge on any atom is 0.280 e. The number of methoxy groups -OCH3 is 1. The molecule has 0 saturated heterocycles. The van der Waals surface area contributed by atoms with Crippen molar-refractivity contribution in [1.29, 1.82) is 0 Å². The number of amides is 1. The molecule has 0 unspecified atom stereocenters. The molecule has 0 bridgehead atoms. The maximum absolute atomic E-state index is 13.6. The molecule has 0 saturated carbocycles. The van der Waals surface area contributed by atoms with E-state index in [0.717, 1.165) is 16.0 Å². The Morgan fingerprint density at radius 1 is 1.26 bits per heavy atom. The molecule has 160 valence electrons. The summed E-state index contributed by atoms with van der Waals surface area (Å²) in [6, 6.07) is 9.26. The molecule has 3 heterocycles. The normalized spacial score (nSPS) is 11.3. The van der Waals surface area contributed by atoms with E-state index in [2.05, 4.69) is 10.1 Å². The molecule has 0 aliphatic carbocycles. The van der Waals surface area contributed by atoms with Crippen LogP contribution >= 0.6 is 22.9 Å². The fourth-order valence-corrected chi connectivity index (χ4v) is 4.63. The van der Waals surface area contributed by atoms with Gasteiger partial charge in [-0.25, -0.2) is 4.98 Å². The van der Waals surface area contributed by atoms with Crippen LogP contribution in [0.15, 0.2) is 42.7 Å². The van der Waals surface area contributed by atoms with E-state index in [1.54, 1.807) is 36.5 Å². The molecule has 0 atom stereocenters. The van der Waals surface area contributed by atoms with Crippen LogP contribution in [0.2, 0.25) is 5.02 Å². The summed E-state index contributed by atoms with van der Waals surface area (Å²) in [7, 11) is 1.59. The summed E-state index contributed by atoms with van der Waals surface area (Å²) >= 11 is 7.76. The average Bonchev–Trinajstić information content (AvgIpc) is 3.37. The van der Waals surface area contributed by atoms with Crippen molar-refractivity contribution in [1.82, 2.24) is 19.7 Å².